The summed E-state index contributed by atoms with van der Waals surface area (Å²) in [5.74, 6) is 0.343. The molecule has 0 aromatic heterocycles. The van der Waals surface area contributed by atoms with E-state index in [0.717, 1.165) is 16.9 Å². The van der Waals surface area contributed by atoms with Crippen LogP contribution in [0.5, 0.6) is 5.75 Å². The number of aryl methyl sites for hydroxylation is 1. The molecular weight excluding hydrogens is 330 g/mol. The van der Waals surface area contributed by atoms with Gasteiger partial charge in [0.25, 0.3) is 0 Å². The molecule has 0 atom stereocenters. The third-order valence-electron chi connectivity index (χ3n) is 3.81. The summed E-state index contributed by atoms with van der Waals surface area (Å²) >= 11 is 0. The van der Waals surface area contributed by atoms with Crippen LogP contribution in [-0.4, -0.2) is 18.9 Å². The molecule has 6 heteroatoms. The summed E-state index contributed by atoms with van der Waals surface area (Å²) in [5.41, 5.74) is 2.50. The maximum Gasteiger partial charge on any atom is 0.234 e. The Bertz CT molecular complexity index is 795. The second-order valence-corrected chi connectivity index (χ2v) is 5.67. The molecular formula is C20H21N3O3. The number of hydrogen-bond donors (Lipinski definition) is 2. The van der Waals surface area contributed by atoms with Crippen LogP contribution in [0.1, 0.15) is 24.0 Å². The standard InChI is InChI=1S/C20H21N3O3/c1-26-17-9-6-15(7-10-17)8-11-20(25)23-18-5-3-2-4-16(18)14-22-19(24)12-13-21/h2-7,9-10H,8,11-12,14H2,1H3,(H,22,24)(H,23,25). The Morgan fingerprint density at radius 2 is 1.81 bits per heavy atom. The van der Waals surface area contributed by atoms with Gasteiger partial charge in [0.1, 0.15) is 12.2 Å². The van der Waals surface area contributed by atoms with E-state index in [0.29, 0.717) is 18.5 Å². The predicted molar refractivity (Wildman–Crippen MR) is 98.5 cm³/mol. The lowest BCUT2D eigenvalue weighted by Gasteiger charge is -2.12. The number of anilines is 1. The average Bonchev–Trinajstić information content (AvgIpc) is 2.66. The molecule has 0 unspecified atom stereocenters. The van der Waals surface area contributed by atoms with Gasteiger partial charge < -0.3 is 15.4 Å². The molecule has 2 aromatic rings. The minimum absolute atomic E-state index is 0.100. The van der Waals surface area contributed by atoms with Gasteiger partial charge in [-0.25, -0.2) is 0 Å². The van der Waals surface area contributed by atoms with Gasteiger partial charge in [-0.1, -0.05) is 30.3 Å². The first-order chi connectivity index (χ1) is 12.6. The van der Waals surface area contributed by atoms with Gasteiger partial charge in [0, 0.05) is 18.7 Å². The molecule has 0 saturated carbocycles. The Morgan fingerprint density at radius 3 is 2.50 bits per heavy atom. The molecule has 0 aliphatic carbocycles. The van der Waals surface area contributed by atoms with E-state index in [4.69, 9.17) is 10.00 Å². The quantitative estimate of drug-likeness (QED) is 0.765. The van der Waals surface area contributed by atoms with E-state index < -0.39 is 0 Å². The minimum atomic E-state index is -0.340. The molecule has 2 amide bonds. The first-order valence-electron chi connectivity index (χ1n) is 8.26. The fourth-order valence-electron chi connectivity index (χ4n) is 2.39. The number of nitrogens with one attached hydrogen (secondary N) is 2. The monoisotopic (exact) mass is 351 g/mol. The molecule has 0 fully saturated rings. The SMILES string of the molecule is COc1ccc(CCC(=O)Nc2ccccc2CNC(=O)CC#N)cc1. The number of carbonyl (C=O) groups is 2. The number of carbonyl (C=O) groups excluding carboxylic acids is 2. The number of benzene rings is 2. The minimum Gasteiger partial charge on any atom is -0.497 e. The van der Waals surface area contributed by atoms with E-state index in [9.17, 15) is 9.59 Å². The molecule has 2 N–H and O–H groups in total. The van der Waals surface area contributed by atoms with Gasteiger partial charge in [-0.15, -0.1) is 0 Å². The molecule has 0 aliphatic rings. The predicted octanol–water partition coefficient (Wildman–Crippen LogP) is 2.80. The molecule has 0 aliphatic heterocycles. The smallest absolute Gasteiger partial charge is 0.234 e. The second-order valence-electron chi connectivity index (χ2n) is 5.67. The van der Waals surface area contributed by atoms with Crippen molar-refractivity contribution >= 4 is 17.5 Å². The van der Waals surface area contributed by atoms with Crippen LogP contribution in [0.25, 0.3) is 0 Å². The van der Waals surface area contributed by atoms with Gasteiger partial charge in [0.05, 0.1) is 13.2 Å². The fourth-order valence-corrected chi connectivity index (χ4v) is 2.39. The Morgan fingerprint density at radius 1 is 1.08 bits per heavy atom. The summed E-state index contributed by atoms with van der Waals surface area (Å²) in [6.07, 6.45) is 0.786. The number of methoxy groups -OCH3 is 1. The first kappa shape index (κ1) is 19.0. The molecule has 6 nitrogen and oxygen atoms in total. The van der Waals surface area contributed by atoms with Crippen LogP contribution in [0.15, 0.2) is 48.5 Å². The van der Waals surface area contributed by atoms with Crippen molar-refractivity contribution in [1.29, 1.82) is 5.26 Å². The topological polar surface area (TPSA) is 91.2 Å². The highest BCUT2D eigenvalue weighted by atomic mass is 16.5. The van der Waals surface area contributed by atoms with Crippen molar-refractivity contribution in [2.75, 3.05) is 12.4 Å². The largest absolute Gasteiger partial charge is 0.497 e. The number of para-hydroxylation sites is 1. The van der Waals surface area contributed by atoms with Crippen LogP contribution in [0.4, 0.5) is 5.69 Å². The third-order valence-corrected chi connectivity index (χ3v) is 3.81. The van der Waals surface area contributed by atoms with Crippen molar-refractivity contribution < 1.29 is 14.3 Å². The van der Waals surface area contributed by atoms with Gasteiger partial charge >= 0.3 is 0 Å². The summed E-state index contributed by atoms with van der Waals surface area (Å²) in [6, 6.07) is 16.7. The lowest BCUT2D eigenvalue weighted by Crippen LogP contribution is -2.23. The zero-order chi connectivity index (χ0) is 18.8. The van der Waals surface area contributed by atoms with Crippen molar-refractivity contribution in [1.82, 2.24) is 5.32 Å². The van der Waals surface area contributed by atoms with Crippen LogP contribution in [-0.2, 0) is 22.6 Å². The molecule has 0 radical (unpaired) electrons. The first-order valence-corrected chi connectivity index (χ1v) is 8.26. The highest BCUT2D eigenvalue weighted by molar-refractivity contribution is 5.91. The molecule has 26 heavy (non-hydrogen) atoms. The van der Waals surface area contributed by atoms with Gasteiger partial charge in [-0.3, -0.25) is 9.59 Å². The fraction of sp³-hybridized carbons (Fsp3) is 0.250. The maximum absolute atomic E-state index is 12.2. The van der Waals surface area contributed by atoms with Crippen molar-refractivity contribution in [3.05, 3.63) is 59.7 Å². The Balaban J connectivity index is 1.89. The van der Waals surface area contributed by atoms with E-state index in [2.05, 4.69) is 10.6 Å². The molecule has 0 saturated heterocycles. The Kier molecular flexibility index (Phi) is 7.19. The Hall–Kier alpha value is -3.33. The molecule has 2 aromatic carbocycles. The van der Waals surface area contributed by atoms with Gasteiger partial charge in [0.15, 0.2) is 0 Å². The number of hydrogen-bond acceptors (Lipinski definition) is 4. The van der Waals surface area contributed by atoms with E-state index in [1.807, 2.05) is 42.5 Å². The Labute approximate surface area is 152 Å². The number of nitrogens with zero attached hydrogens (tertiary/aromatic N) is 1. The maximum atomic E-state index is 12.2. The molecule has 0 spiro atoms. The van der Waals surface area contributed by atoms with E-state index in [-0.39, 0.29) is 24.8 Å². The van der Waals surface area contributed by atoms with Gasteiger partial charge in [-0.05, 0) is 35.7 Å². The summed E-state index contributed by atoms with van der Waals surface area (Å²) in [7, 11) is 1.61. The average molecular weight is 351 g/mol. The van der Waals surface area contributed by atoms with Crippen LogP contribution in [0.3, 0.4) is 0 Å². The normalized spacial score (nSPS) is 9.85. The van der Waals surface area contributed by atoms with E-state index in [1.165, 1.54) is 0 Å². The molecule has 0 bridgehead atoms. The van der Waals surface area contributed by atoms with Crippen molar-refractivity contribution in [3.63, 3.8) is 0 Å². The summed E-state index contributed by atoms with van der Waals surface area (Å²) in [6.45, 7) is 0.259. The van der Waals surface area contributed by atoms with Crippen molar-refractivity contribution in [2.24, 2.45) is 0 Å². The lowest BCUT2D eigenvalue weighted by atomic mass is 10.1. The molecule has 0 heterocycles. The zero-order valence-electron chi connectivity index (χ0n) is 14.6. The highest BCUT2D eigenvalue weighted by Crippen LogP contribution is 2.16. The summed E-state index contributed by atoms with van der Waals surface area (Å²) in [4.78, 5) is 23.7. The van der Waals surface area contributed by atoms with E-state index in [1.54, 1.807) is 19.2 Å². The van der Waals surface area contributed by atoms with Crippen molar-refractivity contribution in [2.45, 2.75) is 25.8 Å². The van der Waals surface area contributed by atoms with Crippen LogP contribution < -0.4 is 15.4 Å². The number of rotatable bonds is 8. The lowest BCUT2D eigenvalue weighted by molar-refractivity contribution is -0.120. The number of ether oxygens (including phenoxy) is 1. The zero-order valence-corrected chi connectivity index (χ0v) is 14.6. The van der Waals surface area contributed by atoms with Crippen LogP contribution in [0, 0.1) is 11.3 Å². The molecule has 2 rings (SSSR count). The van der Waals surface area contributed by atoms with Crippen LogP contribution in [0.2, 0.25) is 0 Å². The van der Waals surface area contributed by atoms with Gasteiger partial charge in [-0.2, -0.15) is 5.26 Å². The third kappa shape index (κ3) is 5.95. The van der Waals surface area contributed by atoms with E-state index >= 15 is 0 Å². The van der Waals surface area contributed by atoms with Crippen LogP contribution >= 0.6 is 0 Å². The summed E-state index contributed by atoms with van der Waals surface area (Å²) < 4.78 is 5.11. The van der Waals surface area contributed by atoms with Crippen molar-refractivity contribution in [3.8, 4) is 11.8 Å². The molecule has 134 valence electrons. The number of amides is 2. The number of nitriles is 1. The highest BCUT2D eigenvalue weighted by Gasteiger charge is 2.08. The van der Waals surface area contributed by atoms with Gasteiger partial charge in [0.2, 0.25) is 11.8 Å². The summed E-state index contributed by atoms with van der Waals surface area (Å²) in [5, 5.41) is 14.1. The second kappa shape index (κ2) is 9.84.